The fourth-order valence-corrected chi connectivity index (χ4v) is 1.12. The van der Waals surface area contributed by atoms with E-state index in [1.807, 2.05) is 6.07 Å². The Morgan fingerprint density at radius 2 is 2.38 bits per heavy atom. The minimum atomic E-state index is 0.204. The average Bonchev–Trinajstić information content (AvgIpc) is 2.05. The number of nitrogens with zero attached hydrogens (tertiary/aromatic N) is 1. The van der Waals surface area contributed by atoms with Crippen molar-refractivity contribution in [1.29, 1.82) is 0 Å². The van der Waals surface area contributed by atoms with E-state index >= 15 is 0 Å². The molecule has 4 nitrogen and oxygen atoms in total. The molecule has 1 fully saturated rings. The summed E-state index contributed by atoms with van der Waals surface area (Å²) in [6, 6.07) is 3.92. The van der Waals surface area contributed by atoms with Crippen LogP contribution < -0.4 is 5.32 Å². The molecule has 2 N–H and O–H groups in total. The van der Waals surface area contributed by atoms with E-state index in [0.29, 0.717) is 6.04 Å². The van der Waals surface area contributed by atoms with Crippen LogP contribution in [0.15, 0.2) is 18.3 Å². The van der Waals surface area contributed by atoms with E-state index in [1.54, 1.807) is 6.07 Å². The second kappa shape index (κ2) is 3.72. The Balaban J connectivity index is 1.83. The first kappa shape index (κ1) is 8.47. The van der Waals surface area contributed by atoms with Crippen molar-refractivity contribution in [2.45, 2.75) is 12.6 Å². The van der Waals surface area contributed by atoms with Gasteiger partial charge in [-0.2, -0.15) is 0 Å². The van der Waals surface area contributed by atoms with Crippen LogP contribution in [-0.2, 0) is 11.3 Å². The predicted octanol–water partition coefficient (Wildman–Crippen LogP) is 0.276. The van der Waals surface area contributed by atoms with Crippen molar-refractivity contribution in [2.75, 3.05) is 13.2 Å². The topological polar surface area (TPSA) is 54.4 Å². The van der Waals surface area contributed by atoms with Crippen LogP contribution in [0.1, 0.15) is 5.69 Å². The molecule has 13 heavy (non-hydrogen) atoms. The van der Waals surface area contributed by atoms with Gasteiger partial charge in [0.2, 0.25) is 0 Å². The maximum absolute atomic E-state index is 8.99. The van der Waals surface area contributed by atoms with Gasteiger partial charge < -0.3 is 15.2 Å². The SMILES string of the molecule is Oc1ccc(CNC2COC2)nc1. The van der Waals surface area contributed by atoms with E-state index in [2.05, 4.69) is 10.3 Å². The van der Waals surface area contributed by atoms with Gasteiger partial charge >= 0.3 is 0 Å². The molecule has 0 spiro atoms. The minimum Gasteiger partial charge on any atom is -0.506 e. The second-order valence-electron chi connectivity index (χ2n) is 3.12. The first-order valence-electron chi connectivity index (χ1n) is 4.29. The molecule has 4 heteroatoms. The van der Waals surface area contributed by atoms with Crippen LogP contribution >= 0.6 is 0 Å². The molecule has 1 saturated heterocycles. The van der Waals surface area contributed by atoms with Gasteiger partial charge in [0.05, 0.1) is 31.1 Å². The maximum Gasteiger partial charge on any atom is 0.133 e. The third-order valence-corrected chi connectivity index (χ3v) is 2.02. The molecule has 0 unspecified atom stereocenters. The van der Waals surface area contributed by atoms with Gasteiger partial charge in [-0.25, -0.2) is 0 Å². The first-order chi connectivity index (χ1) is 6.34. The fourth-order valence-electron chi connectivity index (χ4n) is 1.12. The second-order valence-corrected chi connectivity index (χ2v) is 3.12. The average molecular weight is 180 g/mol. The number of hydrogen-bond acceptors (Lipinski definition) is 4. The van der Waals surface area contributed by atoms with Crippen LogP contribution in [0.25, 0.3) is 0 Å². The number of ether oxygens (including phenoxy) is 1. The molecule has 0 bridgehead atoms. The number of nitrogens with one attached hydrogen (secondary N) is 1. The fraction of sp³-hybridized carbons (Fsp3) is 0.444. The van der Waals surface area contributed by atoms with Gasteiger partial charge in [-0.05, 0) is 12.1 Å². The molecule has 1 aliphatic rings. The summed E-state index contributed by atoms with van der Waals surface area (Å²) in [7, 11) is 0. The van der Waals surface area contributed by atoms with Crippen LogP contribution in [0.2, 0.25) is 0 Å². The normalized spacial score (nSPS) is 16.9. The Bertz CT molecular complexity index is 269. The molecular formula is C9H12N2O2. The lowest BCUT2D eigenvalue weighted by atomic mass is 10.2. The van der Waals surface area contributed by atoms with Crippen LogP contribution in [0, 0.1) is 0 Å². The summed E-state index contributed by atoms with van der Waals surface area (Å²) >= 11 is 0. The number of rotatable bonds is 3. The number of pyridine rings is 1. The monoisotopic (exact) mass is 180 g/mol. The van der Waals surface area contributed by atoms with E-state index in [4.69, 9.17) is 9.84 Å². The van der Waals surface area contributed by atoms with Gasteiger partial charge in [-0.1, -0.05) is 0 Å². The van der Waals surface area contributed by atoms with Crippen molar-refractivity contribution in [3.8, 4) is 5.75 Å². The molecule has 2 rings (SSSR count). The summed E-state index contributed by atoms with van der Waals surface area (Å²) in [4.78, 5) is 4.06. The molecule has 0 amide bonds. The highest BCUT2D eigenvalue weighted by atomic mass is 16.5. The molecule has 1 aromatic rings. The third-order valence-electron chi connectivity index (χ3n) is 2.02. The Morgan fingerprint density at radius 3 is 2.92 bits per heavy atom. The predicted molar refractivity (Wildman–Crippen MR) is 47.3 cm³/mol. The van der Waals surface area contributed by atoms with Crippen molar-refractivity contribution < 1.29 is 9.84 Å². The van der Waals surface area contributed by atoms with E-state index in [-0.39, 0.29) is 5.75 Å². The molecule has 1 aromatic heterocycles. The van der Waals surface area contributed by atoms with Crippen molar-refractivity contribution in [3.63, 3.8) is 0 Å². The molecule has 0 saturated carbocycles. The Labute approximate surface area is 76.6 Å². The molecule has 0 aromatic carbocycles. The highest BCUT2D eigenvalue weighted by molar-refractivity contribution is 5.17. The van der Waals surface area contributed by atoms with Crippen molar-refractivity contribution in [1.82, 2.24) is 10.3 Å². The van der Waals surface area contributed by atoms with E-state index in [1.165, 1.54) is 6.20 Å². The minimum absolute atomic E-state index is 0.204. The zero-order chi connectivity index (χ0) is 9.10. The molecule has 0 atom stereocenters. The van der Waals surface area contributed by atoms with Gasteiger partial charge in [-0.3, -0.25) is 4.98 Å². The molecule has 0 aliphatic carbocycles. The van der Waals surface area contributed by atoms with E-state index < -0.39 is 0 Å². The highest BCUT2D eigenvalue weighted by Gasteiger charge is 2.16. The number of aromatic nitrogens is 1. The maximum atomic E-state index is 8.99. The van der Waals surface area contributed by atoms with Crippen LogP contribution in [-0.4, -0.2) is 29.3 Å². The zero-order valence-electron chi connectivity index (χ0n) is 7.23. The van der Waals surface area contributed by atoms with Crippen molar-refractivity contribution in [3.05, 3.63) is 24.0 Å². The Hall–Kier alpha value is -1.13. The van der Waals surface area contributed by atoms with Crippen LogP contribution in [0.4, 0.5) is 0 Å². The lowest BCUT2D eigenvalue weighted by Gasteiger charge is -2.26. The van der Waals surface area contributed by atoms with E-state index in [0.717, 1.165) is 25.5 Å². The summed E-state index contributed by atoms with van der Waals surface area (Å²) in [5.41, 5.74) is 0.935. The molecule has 0 radical (unpaired) electrons. The van der Waals surface area contributed by atoms with Gasteiger partial charge in [0.25, 0.3) is 0 Å². The molecule has 2 heterocycles. The van der Waals surface area contributed by atoms with Crippen LogP contribution in [0.5, 0.6) is 5.75 Å². The summed E-state index contributed by atoms with van der Waals surface area (Å²) in [5.74, 6) is 0.204. The number of hydrogen-bond donors (Lipinski definition) is 2. The molecular weight excluding hydrogens is 168 g/mol. The van der Waals surface area contributed by atoms with E-state index in [9.17, 15) is 0 Å². The zero-order valence-corrected chi connectivity index (χ0v) is 7.23. The van der Waals surface area contributed by atoms with Gasteiger partial charge in [0.1, 0.15) is 5.75 Å². The molecule has 70 valence electrons. The van der Waals surface area contributed by atoms with Gasteiger partial charge in [0.15, 0.2) is 0 Å². The quantitative estimate of drug-likeness (QED) is 0.701. The van der Waals surface area contributed by atoms with Gasteiger partial charge in [0, 0.05) is 6.54 Å². The summed E-state index contributed by atoms with van der Waals surface area (Å²) < 4.78 is 5.02. The molecule has 1 aliphatic heterocycles. The Morgan fingerprint density at radius 1 is 1.54 bits per heavy atom. The lowest BCUT2D eigenvalue weighted by molar-refractivity contribution is -0.00591. The number of aromatic hydroxyl groups is 1. The largest absolute Gasteiger partial charge is 0.506 e. The summed E-state index contributed by atoms with van der Waals surface area (Å²) in [6.07, 6.45) is 1.45. The summed E-state index contributed by atoms with van der Waals surface area (Å²) in [5, 5.41) is 12.3. The Kier molecular flexibility index (Phi) is 2.42. The lowest BCUT2D eigenvalue weighted by Crippen LogP contribution is -2.45. The smallest absolute Gasteiger partial charge is 0.133 e. The first-order valence-corrected chi connectivity index (χ1v) is 4.29. The van der Waals surface area contributed by atoms with Crippen molar-refractivity contribution >= 4 is 0 Å². The standard InChI is InChI=1S/C9H12N2O2/c12-9-2-1-7(11-4-9)3-10-8-5-13-6-8/h1-2,4,8,10,12H,3,5-6H2. The highest BCUT2D eigenvalue weighted by Crippen LogP contribution is 2.06. The van der Waals surface area contributed by atoms with Crippen LogP contribution in [0.3, 0.4) is 0 Å². The summed E-state index contributed by atoms with van der Waals surface area (Å²) in [6.45, 7) is 2.31. The third kappa shape index (κ3) is 2.17. The van der Waals surface area contributed by atoms with Gasteiger partial charge in [-0.15, -0.1) is 0 Å². The van der Waals surface area contributed by atoms with Crippen molar-refractivity contribution in [2.24, 2.45) is 0 Å².